The number of nitrogens with zero attached hydrogens (tertiary/aromatic N) is 2. The zero-order chi connectivity index (χ0) is 12.3. The van der Waals surface area contributed by atoms with Gasteiger partial charge in [-0.2, -0.15) is 4.98 Å². The fraction of sp³-hybridized carbons (Fsp3) is 0.182. The zero-order valence-electron chi connectivity index (χ0n) is 9.52. The third-order valence-electron chi connectivity index (χ3n) is 2.12. The molecule has 17 heavy (non-hydrogen) atoms. The molecule has 2 heterocycles. The van der Waals surface area contributed by atoms with Crippen LogP contribution in [-0.2, 0) is 0 Å². The summed E-state index contributed by atoms with van der Waals surface area (Å²) in [5.41, 5.74) is 1.85. The van der Waals surface area contributed by atoms with E-state index in [0.29, 0.717) is 11.4 Å². The van der Waals surface area contributed by atoms with Gasteiger partial charge in [0.2, 0.25) is 0 Å². The molecule has 2 aromatic rings. The Morgan fingerprint density at radius 1 is 1.41 bits per heavy atom. The van der Waals surface area contributed by atoms with Crippen molar-refractivity contribution in [2.75, 3.05) is 17.7 Å². The SMILES string of the molecule is CNc1ccc(C(=O)Nc2nc(C)co2)nc1. The Morgan fingerprint density at radius 2 is 2.24 bits per heavy atom. The van der Waals surface area contributed by atoms with Crippen molar-refractivity contribution in [1.29, 1.82) is 0 Å². The fourth-order valence-electron chi connectivity index (χ4n) is 1.25. The molecule has 0 atom stereocenters. The third kappa shape index (κ3) is 2.60. The number of nitrogens with one attached hydrogen (secondary N) is 2. The zero-order valence-corrected chi connectivity index (χ0v) is 9.52. The van der Waals surface area contributed by atoms with Gasteiger partial charge in [-0.15, -0.1) is 0 Å². The van der Waals surface area contributed by atoms with Crippen LogP contribution in [0.4, 0.5) is 11.7 Å². The Kier molecular flexibility index (Phi) is 3.04. The van der Waals surface area contributed by atoms with Crippen LogP contribution in [0.2, 0.25) is 0 Å². The number of oxazole rings is 1. The van der Waals surface area contributed by atoms with Crippen LogP contribution in [-0.4, -0.2) is 22.9 Å². The van der Waals surface area contributed by atoms with Crippen LogP contribution in [0.25, 0.3) is 0 Å². The molecule has 2 N–H and O–H groups in total. The van der Waals surface area contributed by atoms with E-state index in [2.05, 4.69) is 20.6 Å². The lowest BCUT2D eigenvalue weighted by molar-refractivity contribution is 0.101. The van der Waals surface area contributed by atoms with Gasteiger partial charge in [0.25, 0.3) is 5.91 Å². The molecule has 0 aliphatic heterocycles. The molecular weight excluding hydrogens is 220 g/mol. The maximum absolute atomic E-state index is 11.7. The highest BCUT2D eigenvalue weighted by atomic mass is 16.4. The van der Waals surface area contributed by atoms with Crippen molar-refractivity contribution in [3.8, 4) is 0 Å². The summed E-state index contributed by atoms with van der Waals surface area (Å²) in [5, 5.41) is 5.44. The molecule has 1 amide bonds. The summed E-state index contributed by atoms with van der Waals surface area (Å²) in [7, 11) is 1.78. The van der Waals surface area contributed by atoms with Gasteiger partial charge in [0.15, 0.2) is 0 Å². The second kappa shape index (κ2) is 4.65. The number of rotatable bonds is 3. The highest BCUT2D eigenvalue weighted by Crippen LogP contribution is 2.09. The standard InChI is InChI=1S/C11H12N4O2/c1-7-6-17-11(14-7)15-10(16)9-4-3-8(12-2)5-13-9/h3-6,12H,1-2H3,(H,14,15,16). The molecule has 0 aliphatic carbocycles. The number of amides is 1. The lowest BCUT2D eigenvalue weighted by Gasteiger charge is -2.02. The number of carbonyl (C=O) groups is 1. The highest BCUT2D eigenvalue weighted by Gasteiger charge is 2.10. The summed E-state index contributed by atoms with van der Waals surface area (Å²) in [6.45, 7) is 1.78. The molecule has 0 spiro atoms. The second-order valence-electron chi connectivity index (χ2n) is 3.43. The summed E-state index contributed by atoms with van der Waals surface area (Å²) in [5.74, 6) is -0.352. The summed E-state index contributed by atoms with van der Waals surface area (Å²) in [4.78, 5) is 19.7. The number of hydrogen-bond donors (Lipinski definition) is 2. The Bertz CT molecular complexity index is 519. The van der Waals surface area contributed by atoms with E-state index in [9.17, 15) is 4.79 Å². The van der Waals surface area contributed by atoms with Crippen LogP contribution in [0.1, 0.15) is 16.2 Å². The molecule has 0 unspecified atom stereocenters. The largest absolute Gasteiger partial charge is 0.432 e. The quantitative estimate of drug-likeness (QED) is 0.841. The van der Waals surface area contributed by atoms with Crippen LogP contribution < -0.4 is 10.6 Å². The summed E-state index contributed by atoms with van der Waals surface area (Å²) in [6, 6.07) is 3.56. The number of aryl methyl sites for hydroxylation is 1. The van der Waals surface area contributed by atoms with Crippen molar-refractivity contribution in [1.82, 2.24) is 9.97 Å². The maximum Gasteiger partial charge on any atom is 0.301 e. The first-order chi connectivity index (χ1) is 8.19. The van der Waals surface area contributed by atoms with E-state index in [0.717, 1.165) is 5.69 Å². The molecule has 0 fully saturated rings. The minimum atomic E-state index is -0.352. The molecule has 2 aromatic heterocycles. The highest BCUT2D eigenvalue weighted by molar-refractivity contribution is 6.01. The predicted octanol–water partition coefficient (Wildman–Crippen LogP) is 1.67. The van der Waals surface area contributed by atoms with Crippen molar-refractivity contribution < 1.29 is 9.21 Å². The second-order valence-corrected chi connectivity index (χ2v) is 3.43. The maximum atomic E-state index is 11.7. The van der Waals surface area contributed by atoms with Crippen LogP contribution >= 0.6 is 0 Å². The molecule has 6 nitrogen and oxygen atoms in total. The molecular formula is C11H12N4O2. The van der Waals surface area contributed by atoms with E-state index in [1.807, 2.05) is 0 Å². The first-order valence-electron chi connectivity index (χ1n) is 5.06. The normalized spacial score (nSPS) is 10.0. The molecule has 0 bridgehead atoms. The first-order valence-corrected chi connectivity index (χ1v) is 5.06. The van der Waals surface area contributed by atoms with Crippen LogP contribution in [0, 0.1) is 6.92 Å². The molecule has 0 saturated heterocycles. The monoisotopic (exact) mass is 232 g/mol. The average molecular weight is 232 g/mol. The lowest BCUT2D eigenvalue weighted by atomic mass is 10.3. The molecule has 0 aromatic carbocycles. The summed E-state index contributed by atoms with van der Waals surface area (Å²) in [6.07, 6.45) is 3.04. The van der Waals surface area contributed by atoms with Gasteiger partial charge in [0.05, 0.1) is 17.6 Å². The molecule has 0 radical (unpaired) electrons. The van der Waals surface area contributed by atoms with E-state index in [4.69, 9.17) is 4.42 Å². The van der Waals surface area contributed by atoms with Gasteiger partial charge in [-0.1, -0.05) is 0 Å². The molecule has 0 aliphatic rings. The van der Waals surface area contributed by atoms with Gasteiger partial charge >= 0.3 is 6.01 Å². The van der Waals surface area contributed by atoms with Crippen LogP contribution in [0.3, 0.4) is 0 Å². The first kappa shape index (κ1) is 11.1. The average Bonchev–Trinajstić information content (AvgIpc) is 2.75. The number of anilines is 2. The van der Waals surface area contributed by atoms with E-state index in [-0.39, 0.29) is 11.9 Å². The predicted molar refractivity (Wildman–Crippen MR) is 63.0 cm³/mol. The van der Waals surface area contributed by atoms with Gasteiger partial charge < -0.3 is 9.73 Å². The van der Waals surface area contributed by atoms with Crippen molar-refractivity contribution >= 4 is 17.6 Å². The van der Waals surface area contributed by atoms with Gasteiger partial charge in [0, 0.05) is 7.05 Å². The van der Waals surface area contributed by atoms with E-state index in [1.54, 1.807) is 32.3 Å². The molecule has 6 heteroatoms. The van der Waals surface area contributed by atoms with Gasteiger partial charge in [-0.3, -0.25) is 10.1 Å². The Balaban J connectivity index is 2.09. The lowest BCUT2D eigenvalue weighted by Crippen LogP contribution is -2.13. The van der Waals surface area contributed by atoms with Gasteiger partial charge in [-0.25, -0.2) is 4.98 Å². The van der Waals surface area contributed by atoms with Crippen molar-refractivity contribution in [2.24, 2.45) is 0 Å². The summed E-state index contributed by atoms with van der Waals surface area (Å²) >= 11 is 0. The third-order valence-corrected chi connectivity index (χ3v) is 2.12. The van der Waals surface area contributed by atoms with E-state index < -0.39 is 0 Å². The number of aromatic nitrogens is 2. The van der Waals surface area contributed by atoms with Crippen molar-refractivity contribution in [3.05, 3.63) is 36.0 Å². The van der Waals surface area contributed by atoms with Gasteiger partial charge in [-0.05, 0) is 19.1 Å². The van der Waals surface area contributed by atoms with E-state index >= 15 is 0 Å². The van der Waals surface area contributed by atoms with Crippen molar-refractivity contribution in [3.63, 3.8) is 0 Å². The smallest absolute Gasteiger partial charge is 0.301 e. The van der Waals surface area contributed by atoms with Crippen LogP contribution in [0.5, 0.6) is 0 Å². The van der Waals surface area contributed by atoms with E-state index in [1.165, 1.54) is 6.26 Å². The van der Waals surface area contributed by atoms with Crippen LogP contribution in [0.15, 0.2) is 29.0 Å². The topological polar surface area (TPSA) is 80.0 Å². The van der Waals surface area contributed by atoms with Crippen molar-refractivity contribution in [2.45, 2.75) is 6.92 Å². The minimum absolute atomic E-state index is 0.173. The molecule has 0 saturated carbocycles. The van der Waals surface area contributed by atoms with Gasteiger partial charge in [0.1, 0.15) is 12.0 Å². The minimum Gasteiger partial charge on any atom is -0.432 e. The Hall–Kier alpha value is -2.37. The number of pyridine rings is 1. The fourth-order valence-corrected chi connectivity index (χ4v) is 1.25. The molecule has 88 valence electrons. The Morgan fingerprint density at radius 3 is 2.76 bits per heavy atom. The summed E-state index contributed by atoms with van der Waals surface area (Å²) < 4.78 is 5.02. The Labute approximate surface area is 98.1 Å². The number of carbonyl (C=O) groups excluding carboxylic acids is 1. The number of hydrogen-bond acceptors (Lipinski definition) is 5. The molecule has 2 rings (SSSR count).